The summed E-state index contributed by atoms with van der Waals surface area (Å²) >= 11 is 0. The number of anilines is 1. The Morgan fingerprint density at radius 1 is 1.16 bits per heavy atom. The SMILES string of the molecule is CCN(CC)c1ccc2c(COC(=O)CCC(C)NC(=O)OC(C)(C)C)cc(=O)oc2c1. The molecular formula is C24H34N2O6. The summed E-state index contributed by atoms with van der Waals surface area (Å²) in [6.45, 7) is 12.9. The summed E-state index contributed by atoms with van der Waals surface area (Å²) in [5.41, 5.74) is 0.945. The summed E-state index contributed by atoms with van der Waals surface area (Å²) in [5.74, 6) is -0.413. The number of carbonyl (C=O) groups excluding carboxylic acids is 2. The minimum absolute atomic E-state index is 0.0283. The van der Waals surface area contributed by atoms with Crippen LogP contribution in [0.1, 0.15) is 59.9 Å². The molecule has 0 saturated carbocycles. The van der Waals surface area contributed by atoms with Crippen molar-refractivity contribution in [3.8, 4) is 0 Å². The number of esters is 1. The second kappa shape index (κ2) is 11.0. The van der Waals surface area contributed by atoms with Gasteiger partial charge in [0.05, 0.1) is 0 Å². The highest BCUT2D eigenvalue weighted by Crippen LogP contribution is 2.24. The van der Waals surface area contributed by atoms with Crippen LogP contribution in [0.15, 0.2) is 33.5 Å². The molecule has 1 unspecified atom stereocenters. The number of alkyl carbamates (subject to hydrolysis) is 1. The third kappa shape index (κ3) is 7.59. The molecule has 0 saturated heterocycles. The Bertz CT molecular complexity index is 988. The first-order valence-electron chi connectivity index (χ1n) is 11.0. The Hall–Kier alpha value is -3.03. The number of benzene rings is 1. The number of amides is 1. The molecular weight excluding hydrogens is 412 g/mol. The van der Waals surface area contributed by atoms with Crippen molar-refractivity contribution in [2.75, 3.05) is 18.0 Å². The molecule has 2 aromatic rings. The largest absolute Gasteiger partial charge is 0.461 e. The van der Waals surface area contributed by atoms with Crippen molar-refractivity contribution >= 4 is 28.7 Å². The summed E-state index contributed by atoms with van der Waals surface area (Å²) in [5, 5.41) is 3.42. The second-order valence-corrected chi connectivity index (χ2v) is 8.69. The van der Waals surface area contributed by atoms with E-state index in [2.05, 4.69) is 24.1 Å². The van der Waals surface area contributed by atoms with Crippen molar-refractivity contribution in [3.63, 3.8) is 0 Å². The highest BCUT2D eigenvalue weighted by atomic mass is 16.6. The number of carbonyl (C=O) groups is 2. The molecule has 32 heavy (non-hydrogen) atoms. The second-order valence-electron chi connectivity index (χ2n) is 8.69. The molecule has 0 bridgehead atoms. The summed E-state index contributed by atoms with van der Waals surface area (Å²) in [6, 6.07) is 6.77. The standard InChI is InChI=1S/C24H34N2O6/c1-7-26(8-2)18-10-11-19-17(13-22(28)31-20(19)14-18)15-30-21(27)12-9-16(3)25-23(29)32-24(4,5)6/h10-11,13-14,16H,7-9,12,15H2,1-6H3,(H,25,29). The van der Waals surface area contributed by atoms with E-state index in [-0.39, 0.29) is 19.1 Å². The van der Waals surface area contributed by atoms with Crippen molar-refractivity contribution in [3.05, 3.63) is 40.2 Å². The van der Waals surface area contributed by atoms with Gasteiger partial charge in [0, 0.05) is 54.3 Å². The summed E-state index contributed by atoms with van der Waals surface area (Å²) in [4.78, 5) is 38.2. The first-order valence-corrected chi connectivity index (χ1v) is 11.0. The lowest BCUT2D eigenvalue weighted by molar-refractivity contribution is -0.145. The number of rotatable bonds is 9. The molecule has 8 nitrogen and oxygen atoms in total. The zero-order valence-electron chi connectivity index (χ0n) is 19.8. The number of fused-ring (bicyclic) bond motifs is 1. The van der Waals surface area contributed by atoms with Crippen molar-refractivity contribution < 1.29 is 23.5 Å². The maximum absolute atomic E-state index is 12.2. The quantitative estimate of drug-likeness (QED) is 0.451. The summed E-state index contributed by atoms with van der Waals surface area (Å²) in [7, 11) is 0. The summed E-state index contributed by atoms with van der Waals surface area (Å²) in [6.07, 6.45) is 0.00995. The fourth-order valence-electron chi connectivity index (χ4n) is 3.27. The Labute approximate surface area is 188 Å². The molecule has 2 rings (SSSR count). The van der Waals surface area contributed by atoms with Crippen molar-refractivity contribution in [1.29, 1.82) is 0 Å². The number of hydrogen-bond donors (Lipinski definition) is 1. The molecule has 0 aliphatic carbocycles. The van der Waals surface area contributed by atoms with Crippen LogP contribution in [0.5, 0.6) is 0 Å². The predicted octanol–water partition coefficient (Wildman–Crippen LogP) is 4.38. The van der Waals surface area contributed by atoms with E-state index in [0.29, 0.717) is 17.6 Å². The minimum atomic E-state index is -0.583. The molecule has 0 aliphatic heterocycles. The summed E-state index contributed by atoms with van der Waals surface area (Å²) < 4.78 is 15.9. The van der Waals surface area contributed by atoms with Gasteiger partial charge in [-0.15, -0.1) is 0 Å². The molecule has 1 aromatic heterocycles. The van der Waals surface area contributed by atoms with E-state index in [9.17, 15) is 14.4 Å². The zero-order valence-corrected chi connectivity index (χ0v) is 19.8. The first kappa shape index (κ1) is 25.2. The highest BCUT2D eigenvalue weighted by Gasteiger charge is 2.18. The molecule has 1 N–H and O–H groups in total. The molecule has 1 amide bonds. The van der Waals surface area contributed by atoms with Crippen molar-refractivity contribution in [1.82, 2.24) is 5.32 Å². The molecule has 0 fully saturated rings. The van der Waals surface area contributed by atoms with Gasteiger partial charge in [-0.2, -0.15) is 0 Å². The molecule has 0 spiro atoms. The maximum Gasteiger partial charge on any atom is 0.407 e. The average Bonchev–Trinajstić information content (AvgIpc) is 2.69. The predicted molar refractivity (Wildman–Crippen MR) is 124 cm³/mol. The van der Waals surface area contributed by atoms with Crippen LogP contribution in [0.25, 0.3) is 11.0 Å². The van der Waals surface area contributed by atoms with Gasteiger partial charge in [-0.1, -0.05) is 0 Å². The van der Waals surface area contributed by atoms with Crippen LogP contribution in [-0.4, -0.2) is 36.8 Å². The van der Waals surface area contributed by atoms with Crippen LogP contribution in [-0.2, 0) is 20.9 Å². The van der Waals surface area contributed by atoms with Crippen molar-refractivity contribution in [2.45, 2.75) is 72.6 Å². The molecule has 8 heteroatoms. The van der Waals surface area contributed by atoms with Crippen LogP contribution < -0.4 is 15.8 Å². The van der Waals surface area contributed by atoms with Crippen LogP contribution in [0.3, 0.4) is 0 Å². The molecule has 1 atom stereocenters. The molecule has 1 heterocycles. The number of ether oxygens (including phenoxy) is 2. The van der Waals surface area contributed by atoms with Gasteiger partial charge in [0.2, 0.25) is 0 Å². The smallest absolute Gasteiger partial charge is 0.407 e. The Kier molecular flexibility index (Phi) is 8.69. The van der Waals surface area contributed by atoms with Gasteiger partial charge in [-0.25, -0.2) is 9.59 Å². The van der Waals surface area contributed by atoms with Gasteiger partial charge in [-0.3, -0.25) is 4.79 Å². The van der Waals surface area contributed by atoms with E-state index in [1.807, 2.05) is 18.2 Å². The van der Waals surface area contributed by atoms with Crippen LogP contribution >= 0.6 is 0 Å². The third-order valence-electron chi connectivity index (χ3n) is 4.88. The fourth-order valence-corrected chi connectivity index (χ4v) is 3.27. The van der Waals surface area contributed by atoms with Gasteiger partial charge in [-0.05, 0) is 60.1 Å². The van der Waals surface area contributed by atoms with Gasteiger partial charge in [0.25, 0.3) is 0 Å². The van der Waals surface area contributed by atoms with Crippen LogP contribution in [0.2, 0.25) is 0 Å². The number of hydrogen-bond acceptors (Lipinski definition) is 7. The van der Waals surface area contributed by atoms with Crippen LogP contribution in [0.4, 0.5) is 10.5 Å². The lowest BCUT2D eigenvalue weighted by Gasteiger charge is -2.21. The van der Waals surface area contributed by atoms with E-state index in [4.69, 9.17) is 13.9 Å². The monoisotopic (exact) mass is 446 g/mol. The van der Waals surface area contributed by atoms with E-state index in [0.717, 1.165) is 24.2 Å². The normalized spacial score (nSPS) is 12.3. The van der Waals surface area contributed by atoms with Crippen molar-refractivity contribution in [2.24, 2.45) is 0 Å². The highest BCUT2D eigenvalue weighted by molar-refractivity contribution is 5.84. The molecule has 1 aromatic carbocycles. The Morgan fingerprint density at radius 3 is 2.47 bits per heavy atom. The Balaban J connectivity index is 1.96. The van der Waals surface area contributed by atoms with E-state index in [1.54, 1.807) is 27.7 Å². The first-order chi connectivity index (χ1) is 15.0. The van der Waals surface area contributed by atoms with Gasteiger partial charge in [0.15, 0.2) is 0 Å². The molecule has 0 aliphatic rings. The van der Waals surface area contributed by atoms with Gasteiger partial charge in [0.1, 0.15) is 17.8 Å². The van der Waals surface area contributed by atoms with Gasteiger partial charge >= 0.3 is 17.7 Å². The fraction of sp³-hybridized carbons (Fsp3) is 0.542. The maximum atomic E-state index is 12.2. The lowest BCUT2D eigenvalue weighted by Crippen LogP contribution is -2.37. The number of nitrogens with one attached hydrogen (secondary N) is 1. The third-order valence-corrected chi connectivity index (χ3v) is 4.88. The van der Waals surface area contributed by atoms with Crippen LogP contribution in [0, 0.1) is 0 Å². The Morgan fingerprint density at radius 2 is 1.84 bits per heavy atom. The lowest BCUT2D eigenvalue weighted by atomic mass is 10.1. The average molecular weight is 447 g/mol. The molecule has 176 valence electrons. The van der Waals surface area contributed by atoms with E-state index >= 15 is 0 Å². The van der Waals surface area contributed by atoms with E-state index < -0.39 is 23.3 Å². The zero-order chi connectivity index (χ0) is 23.9. The molecule has 0 radical (unpaired) electrons. The number of nitrogens with zero attached hydrogens (tertiary/aromatic N) is 1. The van der Waals surface area contributed by atoms with E-state index in [1.165, 1.54) is 6.07 Å². The van der Waals surface area contributed by atoms with Gasteiger partial charge < -0.3 is 24.1 Å². The minimum Gasteiger partial charge on any atom is -0.461 e. The topological polar surface area (TPSA) is 98.1 Å².